The van der Waals surface area contributed by atoms with Crippen molar-refractivity contribution in [2.24, 2.45) is 0 Å². The number of unbranched alkanes of at least 4 members (excludes halogenated alkanes) is 11. The third-order valence-electron chi connectivity index (χ3n) is 5.29. The van der Waals surface area contributed by atoms with Gasteiger partial charge in [0.25, 0.3) is 0 Å². The van der Waals surface area contributed by atoms with Crippen molar-refractivity contribution in [3.63, 3.8) is 0 Å². The molecule has 31 heavy (non-hydrogen) atoms. The smallest absolute Gasteiger partial charge is 0.305 e. The summed E-state index contributed by atoms with van der Waals surface area (Å²) in [5, 5.41) is 37.8. The van der Waals surface area contributed by atoms with Crippen molar-refractivity contribution in [2.45, 2.75) is 121 Å². The van der Waals surface area contributed by atoms with Crippen LogP contribution >= 0.6 is 0 Å². The minimum absolute atomic E-state index is 0.0549. The Labute approximate surface area is 187 Å². The molecule has 0 aromatic carbocycles. The number of carbonyl (C=O) groups is 2. The van der Waals surface area contributed by atoms with Crippen LogP contribution in [0.25, 0.3) is 0 Å². The third kappa shape index (κ3) is 17.0. The first-order valence-corrected chi connectivity index (χ1v) is 11.9. The van der Waals surface area contributed by atoms with Crippen LogP contribution in [0.1, 0.15) is 96.8 Å². The molecule has 4 N–H and O–H groups in total. The van der Waals surface area contributed by atoms with Crippen LogP contribution in [-0.2, 0) is 14.3 Å². The van der Waals surface area contributed by atoms with Crippen LogP contribution in [0.2, 0.25) is 0 Å². The van der Waals surface area contributed by atoms with Crippen molar-refractivity contribution in [1.29, 1.82) is 0 Å². The number of hydrogen-bond acceptors (Lipinski definition) is 7. The molecular weight excluding hydrogens is 400 g/mol. The van der Waals surface area contributed by atoms with Gasteiger partial charge < -0.3 is 30.0 Å². The highest BCUT2D eigenvalue weighted by Crippen LogP contribution is 2.11. The Hall–Kier alpha value is -1.28. The molecule has 7 heteroatoms. The first kappa shape index (κ1) is 29.7. The maximum Gasteiger partial charge on any atom is 0.305 e. The highest BCUT2D eigenvalue weighted by molar-refractivity contribution is 5.69. The monoisotopic (exact) mass is 444 g/mol. The van der Waals surface area contributed by atoms with E-state index < -0.39 is 37.0 Å². The Morgan fingerprint density at radius 1 is 0.774 bits per heavy atom. The van der Waals surface area contributed by atoms with Crippen molar-refractivity contribution in [3.8, 4) is 0 Å². The Bertz CT molecular complexity index is 467. The second-order valence-corrected chi connectivity index (χ2v) is 8.19. The van der Waals surface area contributed by atoms with Crippen molar-refractivity contribution in [1.82, 2.24) is 0 Å². The normalized spacial score (nSPS) is 15.5. The van der Waals surface area contributed by atoms with E-state index in [1.165, 1.54) is 44.9 Å². The Balaban J connectivity index is 3.55. The van der Waals surface area contributed by atoms with E-state index in [0.29, 0.717) is 6.42 Å². The molecule has 0 aliphatic carbocycles. The summed E-state index contributed by atoms with van der Waals surface area (Å²) in [5.74, 6) is -0.491. The van der Waals surface area contributed by atoms with Gasteiger partial charge in [0.15, 0.2) is 6.29 Å². The summed E-state index contributed by atoms with van der Waals surface area (Å²) in [7, 11) is 0. The molecule has 0 spiro atoms. The van der Waals surface area contributed by atoms with Gasteiger partial charge in [0, 0.05) is 6.42 Å². The molecule has 0 radical (unpaired) electrons. The van der Waals surface area contributed by atoms with Gasteiger partial charge in [-0.25, -0.2) is 0 Å². The van der Waals surface area contributed by atoms with E-state index in [2.05, 4.69) is 19.1 Å². The first-order chi connectivity index (χ1) is 14.9. The quantitative estimate of drug-likeness (QED) is 0.0927. The van der Waals surface area contributed by atoms with E-state index in [1.807, 2.05) is 0 Å². The Morgan fingerprint density at radius 2 is 1.29 bits per heavy atom. The molecule has 4 atom stereocenters. The minimum atomic E-state index is -1.84. The van der Waals surface area contributed by atoms with E-state index in [-0.39, 0.29) is 12.7 Å². The molecule has 7 nitrogen and oxygen atoms in total. The molecule has 0 aliphatic heterocycles. The van der Waals surface area contributed by atoms with Crippen molar-refractivity contribution < 1.29 is 34.8 Å². The molecule has 0 amide bonds. The topological polar surface area (TPSA) is 124 Å². The Kier molecular flexibility index (Phi) is 19.8. The second-order valence-electron chi connectivity index (χ2n) is 8.19. The molecule has 0 bridgehead atoms. The second kappa shape index (κ2) is 20.6. The molecular formula is C24H44O7. The number of allylic oxidation sites excluding steroid dienone is 2. The molecule has 182 valence electrons. The summed E-state index contributed by atoms with van der Waals surface area (Å²) in [6.45, 7) is 1.73. The maximum absolute atomic E-state index is 11.7. The van der Waals surface area contributed by atoms with Gasteiger partial charge in [-0.3, -0.25) is 4.79 Å². The van der Waals surface area contributed by atoms with Gasteiger partial charge in [-0.15, -0.1) is 0 Å². The molecule has 0 saturated heterocycles. The molecule has 0 rings (SSSR count). The Morgan fingerprint density at radius 3 is 1.84 bits per heavy atom. The fourth-order valence-corrected chi connectivity index (χ4v) is 3.20. The first-order valence-electron chi connectivity index (χ1n) is 11.9. The van der Waals surface area contributed by atoms with Gasteiger partial charge in [-0.1, -0.05) is 70.4 Å². The molecule has 0 saturated carbocycles. The number of aliphatic hydroxyl groups excluding tert-OH is 4. The van der Waals surface area contributed by atoms with E-state index in [1.54, 1.807) is 0 Å². The van der Waals surface area contributed by atoms with E-state index in [0.717, 1.165) is 32.1 Å². The van der Waals surface area contributed by atoms with Crippen molar-refractivity contribution in [2.75, 3.05) is 6.61 Å². The van der Waals surface area contributed by atoms with Gasteiger partial charge in [0.05, 0.1) is 0 Å². The number of ether oxygens (including phenoxy) is 1. The lowest BCUT2D eigenvalue weighted by Crippen LogP contribution is -2.46. The fourth-order valence-electron chi connectivity index (χ4n) is 3.20. The SMILES string of the molecule is CCCCCCCCC=CCCCCCCCC(=O)OC[C@@H](O)[C@@H](O)[C@H](O)[C@H](O)C=O. The van der Waals surface area contributed by atoms with Gasteiger partial charge in [-0.05, 0) is 32.1 Å². The summed E-state index contributed by atoms with van der Waals surface area (Å²) < 4.78 is 4.87. The number of aldehydes is 1. The third-order valence-corrected chi connectivity index (χ3v) is 5.29. The van der Waals surface area contributed by atoms with Crippen molar-refractivity contribution in [3.05, 3.63) is 12.2 Å². The minimum Gasteiger partial charge on any atom is -0.463 e. The average molecular weight is 445 g/mol. The van der Waals surface area contributed by atoms with Crippen LogP contribution in [0, 0.1) is 0 Å². The number of esters is 1. The summed E-state index contributed by atoms with van der Waals surface area (Å²) in [6.07, 6.45) is 13.0. The van der Waals surface area contributed by atoms with E-state index in [4.69, 9.17) is 9.84 Å². The number of hydrogen-bond donors (Lipinski definition) is 4. The molecule has 0 fully saturated rings. The van der Waals surface area contributed by atoms with E-state index in [9.17, 15) is 24.9 Å². The lowest BCUT2D eigenvalue weighted by molar-refractivity contribution is -0.156. The van der Waals surface area contributed by atoms with Crippen LogP contribution in [0.5, 0.6) is 0 Å². The summed E-state index contributed by atoms with van der Waals surface area (Å²) in [4.78, 5) is 22.0. The average Bonchev–Trinajstić information content (AvgIpc) is 2.78. The number of carbonyl (C=O) groups excluding carboxylic acids is 2. The molecule has 0 aromatic heterocycles. The zero-order valence-electron chi connectivity index (χ0n) is 19.2. The molecule has 0 aromatic rings. The molecule has 0 heterocycles. The van der Waals surface area contributed by atoms with Crippen LogP contribution in [0.3, 0.4) is 0 Å². The molecule has 0 unspecified atom stereocenters. The van der Waals surface area contributed by atoms with Gasteiger partial charge >= 0.3 is 5.97 Å². The lowest BCUT2D eigenvalue weighted by atomic mass is 10.0. The highest BCUT2D eigenvalue weighted by Gasteiger charge is 2.30. The van der Waals surface area contributed by atoms with Gasteiger partial charge in [0.2, 0.25) is 0 Å². The largest absolute Gasteiger partial charge is 0.463 e. The summed E-state index contributed by atoms with van der Waals surface area (Å²) in [6, 6.07) is 0. The van der Waals surface area contributed by atoms with Crippen LogP contribution in [0.15, 0.2) is 12.2 Å². The van der Waals surface area contributed by atoms with Crippen LogP contribution in [-0.4, -0.2) is 63.7 Å². The lowest BCUT2D eigenvalue weighted by Gasteiger charge is -2.23. The van der Waals surface area contributed by atoms with E-state index >= 15 is 0 Å². The summed E-state index contributed by atoms with van der Waals surface area (Å²) >= 11 is 0. The van der Waals surface area contributed by atoms with Gasteiger partial charge in [0.1, 0.15) is 31.0 Å². The zero-order valence-corrected chi connectivity index (χ0v) is 19.2. The van der Waals surface area contributed by atoms with Crippen molar-refractivity contribution >= 4 is 12.3 Å². The maximum atomic E-state index is 11.7. The predicted octanol–water partition coefficient (Wildman–Crippen LogP) is 3.21. The highest BCUT2D eigenvalue weighted by atomic mass is 16.5. The fraction of sp³-hybridized carbons (Fsp3) is 0.833. The van der Waals surface area contributed by atoms with Gasteiger partial charge in [-0.2, -0.15) is 0 Å². The van der Waals surface area contributed by atoms with Crippen LogP contribution in [0.4, 0.5) is 0 Å². The number of aliphatic hydroxyl groups is 4. The van der Waals surface area contributed by atoms with Crippen LogP contribution < -0.4 is 0 Å². The number of rotatable bonds is 21. The summed E-state index contributed by atoms with van der Waals surface area (Å²) in [5.41, 5.74) is 0. The predicted molar refractivity (Wildman–Crippen MR) is 121 cm³/mol. The molecule has 0 aliphatic rings. The standard InChI is InChI=1S/C24H44O7/c1-2-3-4-5-6-7-8-9-10-11-12-13-14-15-16-17-22(28)31-19-21(27)24(30)23(29)20(26)18-25/h9-10,18,20-21,23-24,26-27,29-30H,2-8,11-17,19H2,1H3/t20-,21-,23-,24-/m1/s1. The zero-order chi connectivity index (χ0) is 23.3.